The lowest BCUT2D eigenvalue weighted by Gasteiger charge is -2.09. The first-order valence-electron chi connectivity index (χ1n) is 5.89. The second-order valence-corrected chi connectivity index (χ2v) is 6.33. The number of fused-ring (bicyclic) bond motifs is 1. The van der Waals surface area contributed by atoms with Crippen molar-refractivity contribution in [2.24, 2.45) is 0 Å². The van der Waals surface area contributed by atoms with Crippen molar-refractivity contribution in [1.29, 1.82) is 0 Å². The molecule has 1 aromatic carbocycles. The SMILES string of the molecule is O=C(Nc1ccc(Br)nc1)C1Cc2ccccc2S1. The van der Waals surface area contributed by atoms with Gasteiger partial charge in [0.1, 0.15) is 4.60 Å². The fourth-order valence-corrected chi connectivity index (χ4v) is 3.43. The minimum Gasteiger partial charge on any atom is -0.324 e. The van der Waals surface area contributed by atoms with Crippen LogP contribution in [0.15, 0.2) is 52.1 Å². The first-order chi connectivity index (χ1) is 9.22. The summed E-state index contributed by atoms with van der Waals surface area (Å²) in [6.07, 6.45) is 2.44. The van der Waals surface area contributed by atoms with Crippen molar-refractivity contribution < 1.29 is 4.79 Å². The van der Waals surface area contributed by atoms with Gasteiger partial charge in [-0.05, 0) is 46.1 Å². The van der Waals surface area contributed by atoms with Crippen LogP contribution in [0, 0.1) is 0 Å². The number of hydrogen-bond acceptors (Lipinski definition) is 3. The van der Waals surface area contributed by atoms with Crippen molar-refractivity contribution in [2.45, 2.75) is 16.6 Å². The molecule has 0 saturated heterocycles. The maximum Gasteiger partial charge on any atom is 0.238 e. The molecule has 1 atom stereocenters. The van der Waals surface area contributed by atoms with Crippen LogP contribution in [0.4, 0.5) is 5.69 Å². The van der Waals surface area contributed by atoms with Crippen LogP contribution in [-0.2, 0) is 11.2 Å². The summed E-state index contributed by atoms with van der Waals surface area (Å²) in [7, 11) is 0. The zero-order chi connectivity index (χ0) is 13.2. The standard InChI is InChI=1S/C14H11BrN2OS/c15-13-6-5-10(8-16-13)17-14(18)12-7-9-3-1-2-4-11(9)19-12/h1-6,8,12H,7H2,(H,17,18). The van der Waals surface area contributed by atoms with E-state index < -0.39 is 0 Å². The van der Waals surface area contributed by atoms with E-state index in [0.29, 0.717) is 0 Å². The third-order valence-corrected chi connectivity index (χ3v) is 4.72. The number of pyridine rings is 1. The van der Waals surface area contributed by atoms with Crippen LogP contribution in [0.2, 0.25) is 0 Å². The van der Waals surface area contributed by atoms with Crippen molar-refractivity contribution >= 4 is 39.3 Å². The van der Waals surface area contributed by atoms with E-state index in [4.69, 9.17) is 0 Å². The molecule has 5 heteroatoms. The Morgan fingerprint density at radius 3 is 2.89 bits per heavy atom. The number of nitrogens with zero attached hydrogens (tertiary/aromatic N) is 1. The minimum atomic E-state index is -0.0546. The Labute approximate surface area is 123 Å². The molecule has 2 aromatic rings. The van der Waals surface area contributed by atoms with Gasteiger partial charge in [-0.2, -0.15) is 0 Å². The molecule has 3 nitrogen and oxygen atoms in total. The molecule has 2 heterocycles. The van der Waals surface area contributed by atoms with Crippen LogP contribution in [0.5, 0.6) is 0 Å². The van der Waals surface area contributed by atoms with E-state index in [1.54, 1.807) is 18.0 Å². The molecule has 1 amide bonds. The minimum absolute atomic E-state index is 0.0327. The van der Waals surface area contributed by atoms with E-state index in [0.717, 1.165) is 16.7 Å². The van der Waals surface area contributed by atoms with Gasteiger partial charge in [0, 0.05) is 4.90 Å². The van der Waals surface area contributed by atoms with Crippen molar-refractivity contribution in [3.8, 4) is 0 Å². The lowest BCUT2D eigenvalue weighted by atomic mass is 10.1. The van der Waals surface area contributed by atoms with E-state index in [1.807, 2.05) is 24.3 Å². The fourth-order valence-electron chi connectivity index (χ4n) is 2.00. The number of aromatic nitrogens is 1. The topological polar surface area (TPSA) is 42.0 Å². The Kier molecular flexibility index (Phi) is 3.57. The number of benzene rings is 1. The number of hydrogen-bond donors (Lipinski definition) is 1. The Morgan fingerprint density at radius 2 is 2.16 bits per heavy atom. The molecule has 96 valence electrons. The summed E-state index contributed by atoms with van der Waals surface area (Å²) in [5.41, 5.74) is 1.98. The number of carbonyl (C=O) groups is 1. The Balaban J connectivity index is 1.68. The summed E-state index contributed by atoms with van der Waals surface area (Å²) in [6.45, 7) is 0. The van der Waals surface area contributed by atoms with Crippen LogP contribution in [-0.4, -0.2) is 16.1 Å². The highest BCUT2D eigenvalue weighted by atomic mass is 79.9. The molecule has 1 aromatic heterocycles. The number of rotatable bonds is 2. The molecule has 1 N–H and O–H groups in total. The molecule has 0 saturated carbocycles. The number of anilines is 1. The summed E-state index contributed by atoms with van der Waals surface area (Å²) >= 11 is 4.89. The summed E-state index contributed by atoms with van der Waals surface area (Å²) in [5.74, 6) is 0.0327. The Bertz CT molecular complexity index is 590. The van der Waals surface area contributed by atoms with Crippen LogP contribution in [0.25, 0.3) is 0 Å². The lowest BCUT2D eigenvalue weighted by molar-refractivity contribution is -0.115. The number of halogens is 1. The van der Waals surface area contributed by atoms with Crippen LogP contribution in [0.3, 0.4) is 0 Å². The fraction of sp³-hybridized carbons (Fsp3) is 0.143. The van der Waals surface area contributed by atoms with Gasteiger partial charge in [-0.3, -0.25) is 4.79 Å². The van der Waals surface area contributed by atoms with Crippen LogP contribution >= 0.6 is 27.7 Å². The quantitative estimate of drug-likeness (QED) is 0.854. The lowest BCUT2D eigenvalue weighted by Crippen LogP contribution is -2.24. The van der Waals surface area contributed by atoms with Gasteiger partial charge >= 0.3 is 0 Å². The molecule has 0 spiro atoms. The summed E-state index contributed by atoms with van der Waals surface area (Å²) < 4.78 is 0.758. The molecule has 1 unspecified atom stereocenters. The maximum atomic E-state index is 12.2. The zero-order valence-electron chi connectivity index (χ0n) is 9.97. The third-order valence-electron chi connectivity index (χ3n) is 2.93. The van der Waals surface area contributed by atoms with E-state index in [2.05, 4.69) is 38.4 Å². The number of amides is 1. The normalized spacial score (nSPS) is 17.0. The molecule has 0 radical (unpaired) electrons. The van der Waals surface area contributed by atoms with Gasteiger partial charge in [0.15, 0.2) is 0 Å². The highest BCUT2D eigenvalue weighted by molar-refractivity contribution is 9.10. The molecular weight excluding hydrogens is 324 g/mol. The third kappa shape index (κ3) is 2.82. The van der Waals surface area contributed by atoms with Crippen LogP contribution in [0.1, 0.15) is 5.56 Å². The van der Waals surface area contributed by atoms with E-state index >= 15 is 0 Å². The first kappa shape index (κ1) is 12.7. The highest BCUT2D eigenvalue weighted by Gasteiger charge is 2.27. The van der Waals surface area contributed by atoms with Crippen molar-refractivity contribution in [3.05, 3.63) is 52.8 Å². The Hall–Kier alpha value is -1.33. The highest BCUT2D eigenvalue weighted by Crippen LogP contribution is 2.37. The number of thioether (sulfide) groups is 1. The molecule has 0 bridgehead atoms. The van der Waals surface area contributed by atoms with Gasteiger partial charge in [0.05, 0.1) is 17.1 Å². The first-order valence-corrected chi connectivity index (χ1v) is 7.56. The molecule has 0 fully saturated rings. The largest absolute Gasteiger partial charge is 0.324 e. The van der Waals surface area contributed by atoms with Gasteiger partial charge in [0.25, 0.3) is 0 Å². The average molecular weight is 335 g/mol. The summed E-state index contributed by atoms with van der Waals surface area (Å²) in [5, 5.41) is 2.85. The predicted octanol–water partition coefficient (Wildman–Crippen LogP) is 3.50. The molecule has 19 heavy (non-hydrogen) atoms. The van der Waals surface area contributed by atoms with Crippen molar-refractivity contribution in [2.75, 3.05) is 5.32 Å². The molecular formula is C14H11BrN2OS. The molecule has 1 aliphatic rings. The second-order valence-electron chi connectivity index (χ2n) is 4.28. The predicted molar refractivity (Wildman–Crippen MR) is 80.4 cm³/mol. The summed E-state index contributed by atoms with van der Waals surface area (Å²) in [6, 6.07) is 11.8. The zero-order valence-corrected chi connectivity index (χ0v) is 12.4. The van der Waals surface area contributed by atoms with Crippen LogP contribution < -0.4 is 5.32 Å². The van der Waals surface area contributed by atoms with Crippen molar-refractivity contribution in [3.63, 3.8) is 0 Å². The van der Waals surface area contributed by atoms with Gasteiger partial charge in [-0.15, -0.1) is 11.8 Å². The van der Waals surface area contributed by atoms with Gasteiger partial charge in [-0.25, -0.2) is 4.98 Å². The monoisotopic (exact) mass is 334 g/mol. The van der Waals surface area contributed by atoms with E-state index in [-0.39, 0.29) is 11.2 Å². The smallest absolute Gasteiger partial charge is 0.238 e. The van der Waals surface area contributed by atoms with Crippen molar-refractivity contribution in [1.82, 2.24) is 4.98 Å². The number of nitrogens with one attached hydrogen (secondary N) is 1. The van der Waals surface area contributed by atoms with E-state index in [1.165, 1.54) is 10.5 Å². The molecule has 3 rings (SSSR count). The average Bonchev–Trinajstić information content (AvgIpc) is 2.85. The van der Waals surface area contributed by atoms with Gasteiger partial charge < -0.3 is 5.32 Å². The Morgan fingerprint density at radius 1 is 1.32 bits per heavy atom. The van der Waals surface area contributed by atoms with Gasteiger partial charge in [-0.1, -0.05) is 18.2 Å². The van der Waals surface area contributed by atoms with Gasteiger partial charge in [0.2, 0.25) is 5.91 Å². The number of carbonyl (C=O) groups excluding carboxylic acids is 1. The molecule has 0 aliphatic carbocycles. The summed E-state index contributed by atoms with van der Waals surface area (Å²) in [4.78, 5) is 17.5. The molecule has 1 aliphatic heterocycles. The second kappa shape index (κ2) is 5.35. The maximum absolute atomic E-state index is 12.2. The van der Waals surface area contributed by atoms with E-state index in [9.17, 15) is 4.79 Å².